The largest absolute Gasteiger partial charge is 0.351 e. The Morgan fingerprint density at radius 3 is 2.48 bits per heavy atom. The molecule has 4 amide bonds. The van der Waals surface area contributed by atoms with E-state index >= 15 is 0 Å². The zero-order valence-electron chi connectivity index (χ0n) is 16.3. The zero-order valence-corrected chi connectivity index (χ0v) is 17.2. The molecule has 1 fully saturated rings. The molecule has 0 bridgehead atoms. The highest BCUT2D eigenvalue weighted by Gasteiger charge is 2.42. The van der Waals surface area contributed by atoms with Gasteiger partial charge in [-0.15, -0.1) is 11.3 Å². The Balaban J connectivity index is 1.69. The fourth-order valence-corrected chi connectivity index (χ4v) is 4.28. The van der Waals surface area contributed by atoms with Gasteiger partial charge >= 0.3 is 0 Å². The van der Waals surface area contributed by atoms with Crippen LogP contribution in [0.2, 0.25) is 0 Å². The van der Waals surface area contributed by atoms with Gasteiger partial charge < -0.3 is 10.6 Å². The van der Waals surface area contributed by atoms with Gasteiger partial charge in [0.25, 0.3) is 5.91 Å². The number of carbonyl (C=O) groups is 4. The predicted molar refractivity (Wildman–Crippen MR) is 111 cm³/mol. The third-order valence-electron chi connectivity index (χ3n) is 5.16. The summed E-state index contributed by atoms with van der Waals surface area (Å²) >= 11 is 1.32. The molecule has 0 radical (unpaired) electrons. The maximum Gasteiger partial charge on any atom is 0.265 e. The summed E-state index contributed by atoms with van der Waals surface area (Å²) in [6, 6.07) is 10.7. The zero-order chi connectivity index (χ0) is 21.0. The van der Waals surface area contributed by atoms with Crippen molar-refractivity contribution in [3.05, 3.63) is 51.7 Å². The van der Waals surface area contributed by atoms with Gasteiger partial charge in [-0.1, -0.05) is 19.1 Å². The van der Waals surface area contributed by atoms with Gasteiger partial charge in [-0.05, 0) is 42.7 Å². The van der Waals surface area contributed by atoms with Crippen LogP contribution in [-0.4, -0.2) is 23.6 Å². The molecule has 3 rings (SSSR count). The first kappa shape index (κ1) is 20.7. The quantitative estimate of drug-likeness (QED) is 0.633. The molecule has 0 spiro atoms. The Morgan fingerprint density at radius 2 is 1.86 bits per heavy atom. The van der Waals surface area contributed by atoms with E-state index in [0.29, 0.717) is 36.4 Å². The molecular formula is C21H23N3O4S. The van der Waals surface area contributed by atoms with E-state index in [1.807, 2.05) is 25.1 Å². The maximum absolute atomic E-state index is 12.5. The number of rotatable bonds is 6. The molecule has 1 aliphatic rings. The third-order valence-corrected chi connectivity index (χ3v) is 6.25. The van der Waals surface area contributed by atoms with Gasteiger partial charge in [0.2, 0.25) is 17.7 Å². The highest BCUT2D eigenvalue weighted by molar-refractivity contribution is 7.14. The number of thiophene rings is 1. The second kappa shape index (κ2) is 8.57. The molecule has 0 saturated carbocycles. The Labute approximate surface area is 172 Å². The summed E-state index contributed by atoms with van der Waals surface area (Å²) in [7, 11) is 0. The SMILES string of the molecule is CCC1(c2ccc(NC(=O)c3ccc(CNC(C)=O)s3)cc2)CCC(=O)NC1=O. The molecule has 1 unspecified atom stereocenters. The molecule has 2 aromatic rings. The lowest BCUT2D eigenvalue weighted by molar-refractivity contribution is -0.138. The minimum atomic E-state index is -0.719. The van der Waals surface area contributed by atoms with Gasteiger partial charge in [-0.2, -0.15) is 0 Å². The van der Waals surface area contributed by atoms with E-state index in [9.17, 15) is 19.2 Å². The number of benzene rings is 1. The summed E-state index contributed by atoms with van der Waals surface area (Å²) in [6.45, 7) is 3.77. The van der Waals surface area contributed by atoms with Crippen LogP contribution < -0.4 is 16.0 Å². The van der Waals surface area contributed by atoms with Crippen LogP contribution in [0.25, 0.3) is 0 Å². The van der Waals surface area contributed by atoms with Crippen LogP contribution in [0.1, 0.15) is 53.2 Å². The van der Waals surface area contributed by atoms with E-state index in [-0.39, 0.29) is 23.6 Å². The van der Waals surface area contributed by atoms with E-state index < -0.39 is 5.41 Å². The van der Waals surface area contributed by atoms with E-state index in [1.54, 1.807) is 18.2 Å². The summed E-state index contributed by atoms with van der Waals surface area (Å²) in [4.78, 5) is 48.9. The molecule has 2 heterocycles. The lowest BCUT2D eigenvalue weighted by Crippen LogP contribution is -2.51. The molecule has 1 aromatic carbocycles. The van der Waals surface area contributed by atoms with Crippen LogP contribution in [0.5, 0.6) is 0 Å². The highest BCUT2D eigenvalue weighted by atomic mass is 32.1. The maximum atomic E-state index is 12.5. The van der Waals surface area contributed by atoms with E-state index in [4.69, 9.17) is 0 Å². The van der Waals surface area contributed by atoms with Crippen LogP contribution in [0.3, 0.4) is 0 Å². The van der Waals surface area contributed by atoms with Gasteiger partial charge in [-0.25, -0.2) is 0 Å². The van der Waals surface area contributed by atoms with Crippen LogP contribution >= 0.6 is 11.3 Å². The van der Waals surface area contributed by atoms with Crippen molar-refractivity contribution in [3.8, 4) is 0 Å². The highest BCUT2D eigenvalue weighted by Crippen LogP contribution is 2.36. The molecule has 1 aromatic heterocycles. The lowest BCUT2D eigenvalue weighted by atomic mass is 9.72. The number of nitrogens with one attached hydrogen (secondary N) is 3. The number of hydrogen-bond donors (Lipinski definition) is 3. The molecule has 29 heavy (non-hydrogen) atoms. The van der Waals surface area contributed by atoms with E-state index in [2.05, 4.69) is 16.0 Å². The summed E-state index contributed by atoms with van der Waals surface area (Å²) in [6.07, 6.45) is 1.38. The number of piperidine rings is 1. The van der Waals surface area contributed by atoms with E-state index in [1.165, 1.54) is 18.3 Å². The smallest absolute Gasteiger partial charge is 0.265 e. The van der Waals surface area contributed by atoms with Gasteiger partial charge in [0.05, 0.1) is 16.8 Å². The molecule has 7 nitrogen and oxygen atoms in total. The Morgan fingerprint density at radius 1 is 1.14 bits per heavy atom. The fraction of sp³-hybridized carbons (Fsp3) is 0.333. The number of hydrogen-bond acceptors (Lipinski definition) is 5. The van der Waals surface area contributed by atoms with Crippen molar-refractivity contribution in [1.29, 1.82) is 0 Å². The first-order chi connectivity index (χ1) is 13.8. The monoisotopic (exact) mass is 413 g/mol. The summed E-state index contributed by atoms with van der Waals surface area (Å²) in [5.41, 5.74) is 0.730. The van der Waals surface area contributed by atoms with Gasteiger partial charge in [-0.3, -0.25) is 24.5 Å². The minimum Gasteiger partial charge on any atom is -0.351 e. The van der Waals surface area contributed by atoms with Crippen molar-refractivity contribution in [3.63, 3.8) is 0 Å². The second-order valence-electron chi connectivity index (χ2n) is 7.02. The number of carbonyl (C=O) groups excluding carboxylic acids is 4. The average molecular weight is 413 g/mol. The topological polar surface area (TPSA) is 104 Å². The van der Waals surface area contributed by atoms with Crippen LogP contribution in [0.4, 0.5) is 5.69 Å². The van der Waals surface area contributed by atoms with Crippen LogP contribution in [0, 0.1) is 0 Å². The first-order valence-corrected chi connectivity index (χ1v) is 10.2. The normalized spacial score (nSPS) is 18.8. The first-order valence-electron chi connectivity index (χ1n) is 9.43. The van der Waals surface area contributed by atoms with Crippen molar-refractivity contribution in [2.24, 2.45) is 0 Å². The Hall–Kier alpha value is -3.00. The molecule has 1 saturated heterocycles. The standard InChI is InChI=1S/C21H23N3O4S/c1-3-21(11-10-18(26)24-20(21)28)14-4-6-15(7-5-14)23-19(27)17-9-8-16(29-17)12-22-13(2)25/h4-9H,3,10-12H2,1-2H3,(H,22,25)(H,23,27)(H,24,26,28). The van der Waals surface area contributed by atoms with Gasteiger partial charge in [0.1, 0.15) is 0 Å². The van der Waals surface area contributed by atoms with Crippen LogP contribution in [-0.2, 0) is 26.3 Å². The third kappa shape index (κ3) is 4.54. The summed E-state index contributed by atoms with van der Waals surface area (Å²) in [5.74, 6) is -0.858. The fourth-order valence-electron chi connectivity index (χ4n) is 3.44. The number of anilines is 1. The van der Waals surface area contributed by atoms with Crippen molar-refractivity contribution in [2.45, 2.75) is 45.1 Å². The van der Waals surface area contributed by atoms with Gasteiger partial charge in [0.15, 0.2) is 0 Å². The molecule has 8 heteroatoms. The molecule has 3 N–H and O–H groups in total. The van der Waals surface area contributed by atoms with E-state index in [0.717, 1.165) is 10.4 Å². The van der Waals surface area contributed by atoms with Crippen molar-refractivity contribution >= 4 is 40.7 Å². The van der Waals surface area contributed by atoms with Crippen molar-refractivity contribution in [2.75, 3.05) is 5.32 Å². The molecular weight excluding hydrogens is 390 g/mol. The minimum absolute atomic E-state index is 0.120. The molecule has 1 atom stereocenters. The molecule has 0 aliphatic carbocycles. The Kier molecular flexibility index (Phi) is 6.12. The molecule has 1 aliphatic heterocycles. The Bertz CT molecular complexity index is 951. The molecule has 152 valence electrons. The number of imide groups is 1. The van der Waals surface area contributed by atoms with Crippen LogP contribution in [0.15, 0.2) is 36.4 Å². The summed E-state index contributed by atoms with van der Waals surface area (Å²) < 4.78 is 0. The van der Waals surface area contributed by atoms with Crippen molar-refractivity contribution < 1.29 is 19.2 Å². The average Bonchev–Trinajstić information content (AvgIpc) is 3.17. The van der Waals surface area contributed by atoms with Crippen molar-refractivity contribution in [1.82, 2.24) is 10.6 Å². The predicted octanol–water partition coefficient (Wildman–Crippen LogP) is 2.72. The van der Waals surface area contributed by atoms with Gasteiger partial charge in [0, 0.05) is 23.9 Å². The lowest BCUT2D eigenvalue weighted by Gasteiger charge is -2.35. The second-order valence-corrected chi connectivity index (χ2v) is 8.19. The summed E-state index contributed by atoms with van der Waals surface area (Å²) in [5, 5.41) is 7.98. The number of amides is 4.